The van der Waals surface area contributed by atoms with Gasteiger partial charge in [-0.15, -0.1) is 0 Å². The van der Waals surface area contributed by atoms with E-state index >= 15 is 0 Å². The smallest absolute Gasteiger partial charge is 0.302 e. The number of oxime groups is 1. The molecule has 0 aromatic heterocycles. The van der Waals surface area contributed by atoms with Gasteiger partial charge in [0.2, 0.25) is 0 Å². The van der Waals surface area contributed by atoms with E-state index in [-0.39, 0.29) is 34.7 Å². The zero-order valence-corrected chi connectivity index (χ0v) is 22.9. The summed E-state index contributed by atoms with van der Waals surface area (Å²) >= 11 is 0. The Labute approximate surface area is 226 Å². The Morgan fingerprint density at radius 3 is 2.68 bits per heavy atom. The van der Waals surface area contributed by atoms with Gasteiger partial charge in [-0.3, -0.25) is 9.59 Å². The summed E-state index contributed by atoms with van der Waals surface area (Å²) in [6.07, 6.45) is 7.37. The number of nitrogens with zero attached hydrogens (tertiary/aromatic N) is 1. The molecule has 6 rings (SSSR count). The fraction of sp³-hybridized carbons (Fsp3) is 0.656. The monoisotopic (exact) mass is 518 g/mol. The van der Waals surface area contributed by atoms with Crippen molar-refractivity contribution in [2.45, 2.75) is 77.2 Å². The number of benzene rings is 1. The second kappa shape index (κ2) is 9.93. The van der Waals surface area contributed by atoms with Gasteiger partial charge >= 0.3 is 5.97 Å². The number of hydrogen-bond donors (Lipinski definition) is 1. The number of esters is 1. The molecular formula is C32H42N2O4. The third-order valence-electron chi connectivity index (χ3n) is 11.0. The van der Waals surface area contributed by atoms with E-state index < -0.39 is 0 Å². The summed E-state index contributed by atoms with van der Waals surface area (Å²) < 4.78 is 5.93. The van der Waals surface area contributed by atoms with Crippen molar-refractivity contribution in [1.29, 1.82) is 0 Å². The van der Waals surface area contributed by atoms with Gasteiger partial charge in [0.25, 0.3) is 0 Å². The number of nitrogens with one attached hydrogen (secondary N) is 1. The third kappa shape index (κ3) is 4.14. The Hall–Kier alpha value is -2.47. The van der Waals surface area contributed by atoms with Crippen molar-refractivity contribution >= 4 is 17.5 Å². The molecule has 6 nitrogen and oxygen atoms in total. The van der Waals surface area contributed by atoms with Gasteiger partial charge < -0.3 is 14.9 Å². The van der Waals surface area contributed by atoms with E-state index in [0.29, 0.717) is 36.6 Å². The number of carbonyl (C=O) groups excluding carboxylic acids is 2. The number of ketones is 1. The minimum absolute atomic E-state index is 0.0434. The van der Waals surface area contributed by atoms with Crippen molar-refractivity contribution in [3.05, 3.63) is 48.0 Å². The number of rotatable bonds is 5. The molecule has 1 aromatic rings. The van der Waals surface area contributed by atoms with Crippen LogP contribution in [0.3, 0.4) is 0 Å². The highest BCUT2D eigenvalue weighted by Crippen LogP contribution is 2.68. The van der Waals surface area contributed by atoms with Crippen LogP contribution in [-0.2, 0) is 19.2 Å². The van der Waals surface area contributed by atoms with Gasteiger partial charge in [-0.05, 0) is 68.4 Å². The number of hydrogen-bond acceptors (Lipinski definition) is 6. The molecule has 6 unspecified atom stereocenters. The number of ether oxygens (including phenoxy) is 1. The Morgan fingerprint density at radius 2 is 1.95 bits per heavy atom. The first-order valence-electron chi connectivity index (χ1n) is 14.7. The first-order valence-corrected chi connectivity index (χ1v) is 14.7. The van der Waals surface area contributed by atoms with Gasteiger partial charge in [0.05, 0.1) is 12.3 Å². The van der Waals surface area contributed by atoms with E-state index in [0.717, 1.165) is 63.7 Å². The summed E-state index contributed by atoms with van der Waals surface area (Å²) in [5.74, 6) is 1.58. The van der Waals surface area contributed by atoms with Crippen molar-refractivity contribution in [3.8, 4) is 0 Å². The number of Topliss-reactive ketones (excluding diaryl/α,β-unsaturated/α-hetero) is 1. The largest absolute Gasteiger partial charge is 0.465 e. The first-order chi connectivity index (χ1) is 18.3. The molecule has 1 aliphatic heterocycles. The van der Waals surface area contributed by atoms with Crippen molar-refractivity contribution in [1.82, 2.24) is 5.32 Å². The van der Waals surface area contributed by atoms with E-state index in [1.165, 1.54) is 18.1 Å². The van der Waals surface area contributed by atoms with E-state index in [2.05, 4.69) is 42.6 Å². The van der Waals surface area contributed by atoms with Crippen LogP contribution in [0.4, 0.5) is 0 Å². The lowest BCUT2D eigenvalue weighted by Gasteiger charge is -2.62. The molecule has 4 saturated carbocycles. The van der Waals surface area contributed by atoms with Crippen LogP contribution < -0.4 is 5.32 Å². The lowest BCUT2D eigenvalue weighted by Crippen LogP contribution is -2.59. The first kappa shape index (κ1) is 25.8. The molecule has 0 bridgehead atoms. The maximum Gasteiger partial charge on any atom is 0.302 e. The Bertz CT molecular complexity index is 1130. The van der Waals surface area contributed by atoms with Crippen LogP contribution in [0.1, 0.15) is 76.7 Å². The predicted molar refractivity (Wildman–Crippen MR) is 147 cm³/mol. The molecule has 5 aliphatic rings. The molecule has 1 saturated heterocycles. The average molecular weight is 519 g/mol. The van der Waals surface area contributed by atoms with Gasteiger partial charge in [-0.2, -0.15) is 0 Å². The van der Waals surface area contributed by atoms with Crippen LogP contribution in [0, 0.1) is 34.5 Å². The van der Waals surface area contributed by atoms with Crippen molar-refractivity contribution in [3.63, 3.8) is 0 Å². The number of carbonyl (C=O) groups is 2. The normalized spacial score (nSPS) is 41.4. The fourth-order valence-electron chi connectivity index (χ4n) is 9.25. The molecule has 1 N–H and O–H groups in total. The molecular weight excluding hydrogens is 476 g/mol. The van der Waals surface area contributed by atoms with Gasteiger partial charge in [0.15, 0.2) is 0 Å². The quantitative estimate of drug-likeness (QED) is 0.319. The fourth-order valence-corrected chi connectivity index (χ4v) is 9.25. The molecule has 0 amide bonds. The van der Waals surface area contributed by atoms with Crippen LogP contribution in [-0.4, -0.2) is 43.3 Å². The van der Waals surface area contributed by atoms with Gasteiger partial charge in [-0.25, -0.2) is 0 Å². The molecule has 204 valence electrons. The standard InChI is InChI=1S/C32H42N2O4/c1-20-17-24-25-9-10-28(36)31(25,3)14-11-26(24)32(19-37-21(2)35)15-12-27(34-38-23-13-16-33-18-23)29(30(20)32)22-7-5-4-6-8-22/h4-8,23-26,29-30,33H,1,9-19H2,2-3H3/t23?,24?,25?,26?,29?,30?,31-,32-/m0/s1. The van der Waals surface area contributed by atoms with Crippen molar-refractivity contribution < 1.29 is 19.2 Å². The second-order valence-corrected chi connectivity index (χ2v) is 12.8. The van der Waals surface area contributed by atoms with Crippen molar-refractivity contribution in [2.75, 3.05) is 19.7 Å². The highest BCUT2D eigenvalue weighted by molar-refractivity contribution is 5.92. The Morgan fingerprint density at radius 1 is 1.13 bits per heavy atom. The summed E-state index contributed by atoms with van der Waals surface area (Å²) in [5.41, 5.74) is 3.12. The van der Waals surface area contributed by atoms with E-state index in [1.54, 1.807) is 0 Å². The molecule has 6 heteroatoms. The molecule has 4 aliphatic carbocycles. The van der Waals surface area contributed by atoms with Crippen LogP contribution in [0.5, 0.6) is 0 Å². The van der Waals surface area contributed by atoms with Crippen LogP contribution >= 0.6 is 0 Å². The van der Waals surface area contributed by atoms with Gasteiger partial charge in [0.1, 0.15) is 11.9 Å². The Kier molecular flexibility index (Phi) is 6.74. The molecule has 0 radical (unpaired) electrons. The lowest BCUT2D eigenvalue weighted by molar-refractivity contribution is -0.158. The number of allylic oxidation sites excluding steroid dienone is 1. The van der Waals surface area contributed by atoms with Crippen LogP contribution in [0.25, 0.3) is 0 Å². The molecule has 1 heterocycles. The number of fused-ring (bicyclic) bond motifs is 5. The summed E-state index contributed by atoms with van der Waals surface area (Å²) in [5, 5.41) is 8.20. The Balaban J connectivity index is 1.42. The minimum atomic E-state index is -0.227. The summed E-state index contributed by atoms with van der Waals surface area (Å²) in [6.45, 7) is 10.7. The van der Waals surface area contributed by atoms with Gasteiger partial charge in [-0.1, -0.05) is 54.6 Å². The zero-order chi connectivity index (χ0) is 26.5. The predicted octanol–water partition coefficient (Wildman–Crippen LogP) is 5.44. The SMILES string of the molecule is C=C1CC2C(CC[C@]3(C)C(=O)CCC23)[C@@]2(COC(C)=O)CCC(=NOC3CCNC3)C(c3ccccc3)C12. The highest BCUT2D eigenvalue weighted by atomic mass is 16.6. The summed E-state index contributed by atoms with van der Waals surface area (Å²) in [6, 6.07) is 10.7. The van der Waals surface area contributed by atoms with E-state index in [1.807, 2.05) is 0 Å². The van der Waals surface area contributed by atoms with Crippen LogP contribution in [0.2, 0.25) is 0 Å². The highest BCUT2D eigenvalue weighted by Gasteiger charge is 2.64. The molecule has 5 fully saturated rings. The summed E-state index contributed by atoms with van der Waals surface area (Å²) in [7, 11) is 0. The topological polar surface area (TPSA) is 77.0 Å². The third-order valence-corrected chi connectivity index (χ3v) is 11.0. The van der Waals surface area contributed by atoms with E-state index in [9.17, 15) is 9.59 Å². The van der Waals surface area contributed by atoms with Crippen molar-refractivity contribution in [2.24, 2.45) is 39.7 Å². The molecule has 1 aromatic carbocycles. The van der Waals surface area contributed by atoms with Crippen LogP contribution in [0.15, 0.2) is 47.6 Å². The maximum absolute atomic E-state index is 13.0. The zero-order valence-electron chi connectivity index (χ0n) is 22.9. The van der Waals surface area contributed by atoms with E-state index in [4.69, 9.17) is 21.3 Å². The second-order valence-electron chi connectivity index (χ2n) is 12.8. The molecule has 38 heavy (non-hydrogen) atoms. The van der Waals surface area contributed by atoms with Gasteiger partial charge in [0, 0.05) is 49.0 Å². The lowest BCUT2D eigenvalue weighted by atomic mass is 9.42. The minimum Gasteiger partial charge on any atom is -0.465 e. The summed E-state index contributed by atoms with van der Waals surface area (Å²) in [4.78, 5) is 31.3. The average Bonchev–Trinajstić information content (AvgIpc) is 3.54. The molecule has 8 atom stereocenters. The molecule has 0 spiro atoms. The maximum atomic E-state index is 13.0.